The van der Waals surface area contributed by atoms with E-state index >= 15 is 0 Å². The molecule has 0 aliphatic heterocycles. The second-order valence-corrected chi connectivity index (χ2v) is 5.63. The first kappa shape index (κ1) is 15.1. The molecular formula is C18H17NO4. The molecule has 2 aromatic rings. The molecule has 2 atom stereocenters. The van der Waals surface area contributed by atoms with Crippen LogP contribution in [0.3, 0.4) is 0 Å². The van der Waals surface area contributed by atoms with Gasteiger partial charge in [0.1, 0.15) is 12.1 Å². The van der Waals surface area contributed by atoms with Crippen LogP contribution < -0.4 is 5.32 Å². The third-order valence-electron chi connectivity index (χ3n) is 4.08. The lowest BCUT2D eigenvalue weighted by Gasteiger charge is -2.15. The van der Waals surface area contributed by atoms with Crippen LogP contribution in [0.15, 0.2) is 60.7 Å². The van der Waals surface area contributed by atoms with Gasteiger partial charge in [-0.1, -0.05) is 60.7 Å². The van der Waals surface area contributed by atoms with Crippen molar-refractivity contribution in [1.82, 2.24) is 5.32 Å². The molecule has 0 saturated heterocycles. The Hall–Kier alpha value is -2.82. The summed E-state index contributed by atoms with van der Waals surface area (Å²) in [5, 5.41) is 12.0. The predicted octanol–water partition coefficient (Wildman–Crippen LogP) is 2.92. The van der Waals surface area contributed by atoms with Crippen LogP contribution in [0.4, 0.5) is 4.79 Å². The highest BCUT2D eigenvalue weighted by Gasteiger charge is 2.62. The van der Waals surface area contributed by atoms with Crippen LogP contribution in [0.25, 0.3) is 0 Å². The molecule has 0 unspecified atom stereocenters. The number of carbonyl (C=O) groups is 2. The smallest absolute Gasteiger partial charge is 0.408 e. The summed E-state index contributed by atoms with van der Waals surface area (Å²) in [5.41, 5.74) is 0.482. The van der Waals surface area contributed by atoms with Crippen molar-refractivity contribution >= 4 is 12.1 Å². The van der Waals surface area contributed by atoms with Gasteiger partial charge in [0.15, 0.2) is 0 Å². The second kappa shape index (κ2) is 6.12. The second-order valence-electron chi connectivity index (χ2n) is 5.63. The molecular weight excluding hydrogens is 294 g/mol. The van der Waals surface area contributed by atoms with E-state index in [0.717, 1.165) is 11.1 Å². The zero-order chi connectivity index (χ0) is 16.3. The predicted molar refractivity (Wildman–Crippen MR) is 83.9 cm³/mol. The molecule has 5 heteroatoms. The molecule has 3 rings (SSSR count). The Labute approximate surface area is 133 Å². The van der Waals surface area contributed by atoms with Crippen molar-refractivity contribution in [2.45, 2.75) is 24.5 Å². The van der Waals surface area contributed by atoms with E-state index in [1.807, 2.05) is 60.7 Å². The first-order chi connectivity index (χ1) is 11.1. The Morgan fingerprint density at radius 1 is 1.09 bits per heavy atom. The van der Waals surface area contributed by atoms with Gasteiger partial charge >= 0.3 is 12.1 Å². The molecule has 1 aliphatic carbocycles. The third-order valence-corrected chi connectivity index (χ3v) is 4.08. The minimum Gasteiger partial charge on any atom is -0.479 e. The van der Waals surface area contributed by atoms with Crippen molar-refractivity contribution in [1.29, 1.82) is 0 Å². The fourth-order valence-corrected chi connectivity index (χ4v) is 2.72. The Bertz CT molecular complexity index is 701. The number of hydrogen-bond acceptors (Lipinski definition) is 3. The van der Waals surface area contributed by atoms with Crippen LogP contribution >= 0.6 is 0 Å². The van der Waals surface area contributed by atoms with Gasteiger partial charge in [0.2, 0.25) is 0 Å². The van der Waals surface area contributed by atoms with Crippen LogP contribution in [-0.4, -0.2) is 22.7 Å². The minimum atomic E-state index is -1.27. The van der Waals surface area contributed by atoms with Crippen LogP contribution in [0.5, 0.6) is 0 Å². The fourth-order valence-electron chi connectivity index (χ4n) is 2.72. The number of nitrogens with one attached hydrogen (secondary N) is 1. The van der Waals surface area contributed by atoms with Crippen LogP contribution in [0.1, 0.15) is 23.5 Å². The van der Waals surface area contributed by atoms with E-state index < -0.39 is 17.6 Å². The molecule has 23 heavy (non-hydrogen) atoms. The lowest BCUT2D eigenvalue weighted by atomic mass is 10.1. The number of amides is 1. The number of hydrogen-bond donors (Lipinski definition) is 2. The third kappa shape index (κ3) is 3.18. The number of benzene rings is 2. The van der Waals surface area contributed by atoms with Crippen molar-refractivity contribution in [2.24, 2.45) is 0 Å². The van der Waals surface area contributed by atoms with Gasteiger partial charge in [-0.25, -0.2) is 9.59 Å². The average molecular weight is 311 g/mol. The number of carboxylic acids is 1. The number of carbonyl (C=O) groups excluding carboxylic acids is 1. The first-order valence-electron chi connectivity index (χ1n) is 7.39. The Kier molecular flexibility index (Phi) is 4.02. The van der Waals surface area contributed by atoms with Crippen molar-refractivity contribution in [3.63, 3.8) is 0 Å². The van der Waals surface area contributed by atoms with E-state index in [4.69, 9.17) is 4.74 Å². The molecule has 1 fully saturated rings. The van der Waals surface area contributed by atoms with Gasteiger partial charge < -0.3 is 15.2 Å². The summed E-state index contributed by atoms with van der Waals surface area (Å²) in [4.78, 5) is 23.6. The molecule has 0 aromatic heterocycles. The maximum atomic E-state index is 12.0. The highest BCUT2D eigenvalue weighted by atomic mass is 16.5. The molecule has 1 aliphatic rings. The van der Waals surface area contributed by atoms with Crippen LogP contribution in [0, 0.1) is 0 Å². The summed E-state index contributed by atoms with van der Waals surface area (Å²) in [6.07, 6.45) is -0.345. The van der Waals surface area contributed by atoms with E-state index in [-0.39, 0.29) is 12.5 Å². The van der Waals surface area contributed by atoms with Crippen molar-refractivity contribution in [2.75, 3.05) is 0 Å². The Morgan fingerprint density at radius 2 is 1.70 bits per heavy atom. The minimum absolute atomic E-state index is 0.110. The quantitative estimate of drug-likeness (QED) is 0.890. The zero-order valence-electron chi connectivity index (χ0n) is 12.4. The summed E-state index contributed by atoms with van der Waals surface area (Å²) in [5.74, 6) is -1.27. The lowest BCUT2D eigenvalue weighted by Crippen LogP contribution is -2.44. The molecule has 0 radical (unpaired) electrons. The number of carboxylic acid groups (broad SMARTS) is 1. The SMILES string of the molecule is O=C(N[C@@]1(C(=O)O)C[C@@H]1c1ccccc1)OCc1ccccc1. The summed E-state index contributed by atoms with van der Waals surface area (Å²) < 4.78 is 5.12. The van der Waals surface area contributed by atoms with Gasteiger partial charge in [-0.15, -0.1) is 0 Å². The van der Waals surface area contributed by atoms with Gasteiger partial charge in [0, 0.05) is 5.92 Å². The molecule has 0 bridgehead atoms. The largest absolute Gasteiger partial charge is 0.479 e. The average Bonchev–Trinajstić information content (AvgIpc) is 3.30. The summed E-state index contributed by atoms with van der Waals surface area (Å²) in [6.45, 7) is 0.110. The van der Waals surface area contributed by atoms with E-state index in [9.17, 15) is 14.7 Å². The summed E-state index contributed by atoms with van der Waals surface area (Å²) in [6, 6.07) is 18.6. The van der Waals surface area contributed by atoms with Gasteiger partial charge in [0.05, 0.1) is 0 Å². The highest BCUT2D eigenvalue weighted by molar-refractivity contribution is 5.89. The van der Waals surface area contributed by atoms with Crippen LogP contribution in [-0.2, 0) is 16.1 Å². The number of rotatable bonds is 5. The monoisotopic (exact) mass is 311 g/mol. The molecule has 5 nitrogen and oxygen atoms in total. The standard InChI is InChI=1S/C18H17NO4/c20-16(21)18(11-15(18)14-9-5-2-6-10-14)19-17(22)23-12-13-7-3-1-4-8-13/h1-10,15H,11-12H2,(H,19,22)(H,20,21)/t15-,18+/m1/s1. The van der Waals surface area contributed by atoms with E-state index in [1.165, 1.54) is 0 Å². The van der Waals surface area contributed by atoms with E-state index in [0.29, 0.717) is 6.42 Å². The van der Waals surface area contributed by atoms with Gasteiger partial charge in [0.25, 0.3) is 0 Å². The summed E-state index contributed by atoms with van der Waals surface area (Å²) in [7, 11) is 0. The maximum absolute atomic E-state index is 12.0. The number of ether oxygens (including phenoxy) is 1. The van der Waals surface area contributed by atoms with E-state index in [1.54, 1.807) is 0 Å². The molecule has 0 spiro atoms. The summed E-state index contributed by atoms with van der Waals surface area (Å²) >= 11 is 0. The normalized spacial score (nSPS) is 22.2. The number of alkyl carbamates (subject to hydrolysis) is 1. The van der Waals surface area contributed by atoms with Crippen molar-refractivity contribution < 1.29 is 19.4 Å². The van der Waals surface area contributed by atoms with Gasteiger partial charge in [-0.2, -0.15) is 0 Å². The Balaban J connectivity index is 1.63. The molecule has 118 valence electrons. The maximum Gasteiger partial charge on any atom is 0.408 e. The van der Waals surface area contributed by atoms with Crippen LogP contribution in [0.2, 0.25) is 0 Å². The first-order valence-corrected chi connectivity index (χ1v) is 7.39. The van der Waals surface area contributed by atoms with Crippen molar-refractivity contribution in [3.8, 4) is 0 Å². The topological polar surface area (TPSA) is 75.6 Å². The highest BCUT2D eigenvalue weighted by Crippen LogP contribution is 2.51. The molecule has 0 heterocycles. The molecule has 2 N–H and O–H groups in total. The van der Waals surface area contributed by atoms with Gasteiger partial charge in [-0.05, 0) is 17.5 Å². The van der Waals surface area contributed by atoms with E-state index in [2.05, 4.69) is 5.32 Å². The Morgan fingerprint density at radius 3 is 2.30 bits per heavy atom. The zero-order valence-corrected chi connectivity index (χ0v) is 12.4. The van der Waals surface area contributed by atoms with Crippen molar-refractivity contribution in [3.05, 3.63) is 71.8 Å². The lowest BCUT2D eigenvalue weighted by molar-refractivity contribution is -0.140. The van der Waals surface area contributed by atoms with Gasteiger partial charge in [-0.3, -0.25) is 0 Å². The molecule has 2 aromatic carbocycles. The molecule has 1 amide bonds. The molecule has 1 saturated carbocycles. The number of aliphatic carboxylic acids is 1. The fraction of sp³-hybridized carbons (Fsp3) is 0.222.